The molecule has 0 amide bonds. The predicted molar refractivity (Wildman–Crippen MR) is 72.8 cm³/mol. The van der Waals surface area contributed by atoms with Crippen molar-refractivity contribution in [2.24, 2.45) is 9.98 Å². The molecule has 1 N–H and O–H groups in total. The zero-order chi connectivity index (χ0) is 13.5. The molecular formula is C13H13N3O2S. The summed E-state index contributed by atoms with van der Waals surface area (Å²) in [6.45, 7) is 0. The number of fused-ring (bicyclic) bond motifs is 2. The normalized spacial score (nSPS) is 20.5. The Balaban J connectivity index is 2.21. The fourth-order valence-corrected chi connectivity index (χ4v) is 2.73. The maximum Gasteiger partial charge on any atom is 0.229 e. The van der Waals surface area contributed by atoms with Crippen molar-refractivity contribution in [2.75, 3.05) is 11.0 Å². The first kappa shape index (κ1) is 12.1. The van der Waals surface area contributed by atoms with Gasteiger partial charge in [0.05, 0.1) is 29.0 Å². The Labute approximate surface area is 111 Å². The van der Waals surface area contributed by atoms with Crippen molar-refractivity contribution < 1.29 is 8.42 Å². The van der Waals surface area contributed by atoms with Gasteiger partial charge in [0.15, 0.2) is 0 Å². The smallest absolute Gasteiger partial charge is 0.229 e. The Morgan fingerprint density at radius 3 is 3.00 bits per heavy atom. The molecule has 0 saturated carbocycles. The summed E-state index contributed by atoms with van der Waals surface area (Å²) in [5.41, 5.74) is 1.34. The van der Waals surface area contributed by atoms with Crippen LogP contribution >= 0.6 is 0 Å². The Hall–Kier alpha value is -1.95. The molecule has 2 aliphatic rings. The number of sulfonamides is 1. The third-order valence-electron chi connectivity index (χ3n) is 2.95. The van der Waals surface area contributed by atoms with E-state index in [0.717, 1.165) is 23.7 Å². The Morgan fingerprint density at radius 1 is 1.37 bits per heavy atom. The highest BCUT2D eigenvalue weighted by atomic mass is 32.2. The number of nitrogens with one attached hydrogen (secondary N) is 1. The van der Waals surface area contributed by atoms with Crippen LogP contribution in [0.1, 0.15) is 6.42 Å². The van der Waals surface area contributed by atoms with E-state index >= 15 is 0 Å². The van der Waals surface area contributed by atoms with Crippen LogP contribution in [-0.2, 0) is 10.0 Å². The van der Waals surface area contributed by atoms with Crippen molar-refractivity contribution in [3.8, 4) is 0 Å². The molecule has 0 fully saturated rings. The summed E-state index contributed by atoms with van der Waals surface area (Å²) in [5.74, 6) is 0. The molecular weight excluding hydrogens is 262 g/mol. The van der Waals surface area contributed by atoms with Crippen LogP contribution in [0.25, 0.3) is 0 Å². The first-order valence-electron chi connectivity index (χ1n) is 5.93. The van der Waals surface area contributed by atoms with Crippen LogP contribution in [0.15, 0.2) is 52.1 Å². The van der Waals surface area contributed by atoms with Crippen LogP contribution in [-0.4, -0.2) is 20.7 Å². The topological polar surface area (TPSA) is 70.9 Å². The summed E-state index contributed by atoms with van der Waals surface area (Å²) in [5, 5.41) is 1.32. The van der Waals surface area contributed by atoms with Gasteiger partial charge in [-0.1, -0.05) is 18.2 Å². The van der Waals surface area contributed by atoms with Crippen LogP contribution in [0.4, 0.5) is 5.69 Å². The van der Waals surface area contributed by atoms with E-state index in [1.807, 2.05) is 18.2 Å². The fraction of sp³-hybridized carbons (Fsp3) is 0.231. The third-order valence-corrected chi connectivity index (χ3v) is 3.54. The Bertz CT molecular complexity index is 807. The summed E-state index contributed by atoms with van der Waals surface area (Å²) >= 11 is 0. The number of hydrogen-bond donors (Lipinski definition) is 1. The highest BCUT2D eigenvalue weighted by Gasteiger charge is 2.18. The molecule has 0 aromatic heterocycles. The second-order valence-corrected chi connectivity index (χ2v) is 6.31. The van der Waals surface area contributed by atoms with Gasteiger partial charge in [0, 0.05) is 0 Å². The number of hydrogen-bond acceptors (Lipinski definition) is 4. The first-order chi connectivity index (χ1) is 9.03. The lowest BCUT2D eigenvalue weighted by Crippen LogP contribution is -2.35. The SMILES string of the molecule is CS(=O)(=O)Nc1cccc2c1=NC1=CC=CCC1N=2. The molecule has 3 rings (SSSR count). The Morgan fingerprint density at radius 2 is 2.21 bits per heavy atom. The number of anilines is 1. The second-order valence-electron chi connectivity index (χ2n) is 4.56. The molecule has 6 heteroatoms. The summed E-state index contributed by atoms with van der Waals surface area (Å²) < 4.78 is 25.2. The van der Waals surface area contributed by atoms with Gasteiger partial charge in [-0.15, -0.1) is 0 Å². The molecule has 1 unspecified atom stereocenters. The zero-order valence-electron chi connectivity index (χ0n) is 10.4. The third kappa shape index (κ3) is 2.44. The van der Waals surface area contributed by atoms with Gasteiger partial charge in [-0.2, -0.15) is 0 Å². The number of para-hydroxylation sites is 1. The summed E-state index contributed by atoms with van der Waals surface area (Å²) in [4.78, 5) is 9.15. The molecule has 19 heavy (non-hydrogen) atoms. The molecule has 0 bridgehead atoms. The van der Waals surface area contributed by atoms with E-state index in [1.54, 1.807) is 12.1 Å². The second kappa shape index (κ2) is 4.31. The van der Waals surface area contributed by atoms with E-state index in [2.05, 4.69) is 20.8 Å². The number of benzene rings is 1. The van der Waals surface area contributed by atoms with Gasteiger partial charge in [0.1, 0.15) is 5.36 Å². The number of rotatable bonds is 2. The van der Waals surface area contributed by atoms with Gasteiger partial charge in [0.2, 0.25) is 10.0 Å². The molecule has 0 radical (unpaired) electrons. The molecule has 1 atom stereocenters. The lowest BCUT2D eigenvalue weighted by molar-refractivity contribution is 0.606. The van der Waals surface area contributed by atoms with E-state index in [0.29, 0.717) is 11.0 Å². The van der Waals surface area contributed by atoms with Gasteiger partial charge in [-0.05, 0) is 24.6 Å². The number of allylic oxidation sites excluding steroid dienone is 2. The van der Waals surface area contributed by atoms with E-state index < -0.39 is 10.0 Å². The van der Waals surface area contributed by atoms with Crippen LogP contribution in [0, 0.1) is 0 Å². The fourth-order valence-electron chi connectivity index (χ4n) is 2.17. The monoisotopic (exact) mass is 275 g/mol. The quantitative estimate of drug-likeness (QED) is 0.855. The van der Waals surface area contributed by atoms with E-state index in [-0.39, 0.29) is 6.04 Å². The highest BCUT2D eigenvalue weighted by molar-refractivity contribution is 7.92. The van der Waals surface area contributed by atoms with Gasteiger partial charge >= 0.3 is 0 Å². The molecule has 0 saturated heterocycles. The van der Waals surface area contributed by atoms with Gasteiger partial charge in [0.25, 0.3) is 0 Å². The van der Waals surface area contributed by atoms with E-state index in [1.165, 1.54) is 0 Å². The van der Waals surface area contributed by atoms with Crippen molar-refractivity contribution >= 4 is 15.7 Å². The molecule has 1 aliphatic heterocycles. The average Bonchev–Trinajstić information content (AvgIpc) is 2.35. The summed E-state index contributed by atoms with van der Waals surface area (Å²) in [6, 6.07) is 5.37. The average molecular weight is 275 g/mol. The minimum atomic E-state index is -3.33. The van der Waals surface area contributed by atoms with Crippen LogP contribution in [0.2, 0.25) is 0 Å². The van der Waals surface area contributed by atoms with Crippen LogP contribution in [0.3, 0.4) is 0 Å². The van der Waals surface area contributed by atoms with Crippen molar-refractivity contribution in [2.45, 2.75) is 12.5 Å². The highest BCUT2D eigenvalue weighted by Crippen LogP contribution is 2.18. The largest absolute Gasteiger partial charge is 0.282 e. The first-order valence-corrected chi connectivity index (χ1v) is 7.82. The molecule has 1 heterocycles. The molecule has 1 aromatic carbocycles. The van der Waals surface area contributed by atoms with Gasteiger partial charge in [-0.3, -0.25) is 9.71 Å². The lowest BCUT2D eigenvalue weighted by Gasteiger charge is -2.18. The number of nitrogens with zero attached hydrogens (tertiary/aromatic N) is 2. The molecule has 1 aliphatic carbocycles. The molecule has 1 aromatic rings. The maximum absolute atomic E-state index is 11.4. The lowest BCUT2D eigenvalue weighted by atomic mass is 10.0. The molecule has 98 valence electrons. The van der Waals surface area contributed by atoms with Crippen molar-refractivity contribution in [1.29, 1.82) is 0 Å². The minimum absolute atomic E-state index is 0.0472. The Kier molecular flexibility index (Phi) is 2.74. The van der Waals surface area contributed by atoms with E-state index in [4.69, 9.17) is 0 Å². The summed E-state index contributed by atoms with van der Waals surface area (Å²) in [6.07, 6.45) is 7.87. The van der Waals surface area contributed by atoms with Crippen molar-refractivity contribution in [3.63, 3.8) is 0 Å². The minimum Gasteiger partial charge on any atom is -0.282 e. The predicted octanol–water partition coefficient (Wildman–Crippen LogP) is 0.523. The van der Waals surface area contributed by atoms with Crippen LogP contribution < -0.4 is 15.4 Å². The zero-order valence-corrected chi connectivity index (χ0v) is 11.2. The van der Waals surface area contributed by atoms with Crippen molar-refractivity contribution in [3.05, 3.63) is 52.8 Å². The summed E-state index contributed by atoms with van der Waals surface area (Å²) in [7, 11) is -3.33. The van der Waals surface area contributed by atoms with Crippen molar-refractivity contribution in [1.82, 2.24) is 0 Å². The molecule has 5 nitrogen and oxygen atoms in total. The van der Waals surface area contributed by atoms with E-state index in [9.17, 15) is 8.42 Å². The maximum atomic E-state index is 11.4. The van der Waals surface area contributed by atoms with Gasteiger partial charge in [-0.25, -0.2) is 13.4 Å². The van der Waals surface area contributed by atoms with Crippen LogP contribution in [0.5, 0.6) is 0 Å². The molecule has 0 spiro atoms. The standard InChI is InChI=1S/C13H13N3O2S/c1-19(17,18)16-12-8-4-7-11-13(12)15-10-6-3-2-5-9(10)14-11/h2-4,6-9,16H,5H2,1H3. The van der Waals surface area contributed by atoms with Gasteiger partial charge < -0.3 is 0 Å².